The second kappa shape index (κ2) is 8.27. The highest BCUT2D eigenvalue weighted by molar-refractivity contribution is 6.31. The van der Waals surface area contributed by atoms with Gasteiger partial charge >= 0.3 is 6.03 Å². The van der Waals surface area contributed by atoms with E-state index in [0.717, 1.165) is 19.1 Å². The molecule has 2 aliphatic rings. The van der Waals surface area contributed by atoms with E-state index < -0.39 is 11.5 Å². The number of nitrogens with one attached hydrogen (secondary N) is 2. The molecule has 0 saturated carbocycles. The Bertz CT molecular complexity index is 743. The number of hydrogen-bond donors (Lipinski definition) is 4. The van der Waals surface area contributed by atoms with Gasteiger partial charge in [0.25, 0.3) is 0 Å². The van der Waals surface area contributed by atoms with E-state index in [1.165, 1.54) is 0 Å². The van der Waals surface area contributed by atoms with Gasteiger partial charge < -0.3 is 31.2 Å². The zero-order valence-electron chi connectivity index (χ0n) is 16.4. The van der Waals surface area contributed by atoms with E-state index in [2.05, 4.69) is 5.32 Å². The summed E-state index contributed by atoms with van der Waals surface area (Å²) in [6.07, 6.45) is 1.93. The predicted octanol–water partition coefficient (Wildman–Crippen LogP) is 2.80. The number of likely N-dealkylation sites (tertiary alicyclic amines) is 1. The average molecular weight is 409 g/mol. The molecule has 2 fully saturated rings. The van der Waals surface area contributed by atoms with E-state index in [0.29, 0.717) is 48.1 Å². The molecular weight excluding hydrogens is 380 g/mol. The molecule has 2 saturated heterocycles. The van der Waals surface area contributed by atoms with Crippen molar-refractivity contribution in [3.63, 3.8) is 0 Å². The summed E-state index contributed by atoms with van der Waals surface area (Å²) in [6.45, 7) is 6.51. The van der Waals surface area contributed by atoms with E-state index in [4.69, 9.17) is 27.5 Å². The normalized spacial score (nSPS) is 19.8. The lowest BCUT2D eigenvalue weighted by Crippen LogP contribution is -2.54. The number of rotatable bonds is 5. The van der Waals surface area contributed by atoms with E-state index >= 15 is 0 Å². The summed E-state index contributed by atoms with van der Waals surface area (Å²) >= 11 is 6.16. The van der Waals surface area contributed by atoms with Crippen LogP contribution in [0.15, 0.2) is 12.1 Å². The number of ether oxygens (including phenoxy) is 1. The van der Waals surface area contributed by atoms with Gasteiger partial charge in [-0.3, -0.25) is 0 Å². The fraction of sp³-hybridized carbons (Fsp3) is 0.600. The maximum absolute atomic E-state index is 12.3. The first kappa shape index (κ1) is 20.9. The van der Waals surface area contributed by atoms with Gasteiger partial charge in [-0.15, -0.1) is 0 Å². The first-order chi connectivity index (χ1) is 13.2. The predicted molar refractivity (Wildman–Crippen MR) is 110 cm³/mol. The molecule has 8 heteroatoms. The van der Waals surface area contributed by atoms with Gasteiger partial charge in [0.15, 0.2) is 0 Å². The van der Waals surface area contributed by atoms with Gasteiger partial charge in [-0.2, -0.15) is 0 Å². The summed E-state index contributed by atoms with van der Waals surface area (Å²) in [4.78, 5) is 14.2. The zero-order chi connectivity index (χ0) is 20.5. The van der Waals surface area contributed by atoms with Crippen molar-refractivity contribution in [2.75, 3.05) is 32.0 Å². The zero-order valence-corrected chi connectivity index (χ0v) is 17.1. The Morgan fingerprint density at radius 1 is 1.43 bits per heavy atom. The van der Waals surface area contributed by atoms with Crippen LogP contribution in [0.4, 0.5) is 10.5 Å². The summed E-state index contributed by atoms with van der Waals surface area (Å²) in [5.41, 5.74) is 7.17. The first-order valence-corrected chi connectivity index (χ1v) is 10.0. The van der Waals surface area contributed by atoms with Crippen LogP contribution in [0.3, 0.4) is 0 Å². The Morgan fingerprint density at radius 2 is 2.07 bits per heavy atom. The van der Waals surface area contributed by atoms with Crippen molar-refractivity contribution in [3.8, 4) is 0 Å². The molecule has 0 radical (unpaired) electrons. The number of carbonyl (C=O) groups excluding carboxylic acids is 1. The molecule has 0 spiro atoms. The molecule has 28 heavy (non-hydrogen) atoms. The van der Waals surface area contributed by atoms with Crippen LogP contribution in [-0.4, -0.2) is 54.6 Å². The van der Waals surface area contributed by atoms with Crippen LogP contribution in [0.5, 0.6) is 0 Å². The van der Waals surface area contributed by atoms with Gasteiger partial charge in [0.1, 0.15) is 0 Å². The first-order valence-electron chi connectivity index (χ1n) is 9.64. The molecule has 0 aromatic heterocycles. The maximum atomic E-state index is 12.3. The molecule has 0 bridgehead atoms. The smallest absolute Gasteiger partial charge is 0.317 e. The Balaban J connectivity index is 1.67. The molecule has 1 unspecified atom stereocenters. The average Bonchev–Trinajstić information content (AvgIpc) is 2.65. The summed E-state index contributed by atoms with van der Waals surface area (Å²) < 4.78 is 5.09. The minimum Gasteiger partial charge on any atom is -0.398 e. The quantitative estimate of drug-likeness (QED) is 0.443. The second-order valence-electron chi connectivity index (χ2n) is 8.31. The number of halogens is 1. The molecule has 1 aromatic rings. The maximum Gasteiger partial charge on any atom is 0.317 e. The summed E-state index contributed by atoms with van der Waals surface area (Å²) in [7, 11) is 0. The monoisotopic (exact) mass is 408 g/mol. The number of carbonyl (C=O) groups is 1. The van der Waals surface area contributed by atoms with Gasteiger partial charge in [0, 0.05) is 41.1 Å². The number of nitrogens with two attached hydrogens (primary N) is 1. The largest absolute Gasteiger partial charge is 0.398 e. The molecule has 1 aromatic carbocycles. The number of hydrogen-bond acceptors (Lipinski definition) is 5. The van der Waals surface area contributed by atoms with Crippen LogP contribution >= 0.6 is 11.6 Å². The molecular formula is C20H29ClN4O3. The molecule has 154 valence electrons. The Kier molecular flexibility index (Phi) is 6.17. The fourth-order valence-electron chi connectivity index (χ4n) is 4.04. The van der Waals surface area contributed by atoms with Crippen molar-refractivity contribution in [3.05, 3.63) is 28.3 Å². The summed E-state index contributed by atoms with van der Waals surface area (Å²) in [6, 6.07) is 3.38. The standard InChI is InChI=1S/C20H29ClN4O3/c1-20(2,18(26)16-8-14(21)7-12(9-22)17(16)23)13-3-5-25(6-4-13)19(27)24-15-10-28-11-15/h7-9,13,15,18,22,26H,3-6,10-11,23H2,1-2H3,(H,24,27). The lowest BCUT2D eigenvalue weighted by Gasteiger charge is -2.44. The van der Waals surface area contributed by atoms with Crippen LogP contribution in [0.25, 0.3) is 0 Å². The topological polar surface area (TPSA) is 112 Å². The molecule has 7 nitrogen and oxygen atoms in total. The highest BCUT2D eigenvalue weighted by Gasteiger charge is 2.40. The van der Waals surface area contributed by atoms with Crippen molar-refractivity contribution in [1.82, 2.24) is 10.2 Å². The molecule has 1 atom stereocenters. The van der Waals surface area contributed by atoms with E-state index in [1.54, 1.807) is 12.1 Å². The summed E-state index contributed by atoms with van der Waals surface area (Å²) in [5.74, 6) is 0.223. The molecule has 2 heterocycles. The number of piperidine rings is 1. The summed E-state index contributed by atoms with van der Waals surface area (Å²) in [5, 5.41) is 22.1. The third-order valence-corrected chi connectivity index (χ3v) is 6.38. The molecule has 0 aliphatic carbocycles. The van der Waals surface area contributed by atoms with Crippen LogP contribution in [-0.2, 0) is 4.74 Å². The van der Waals surface area contributed by atoms with E-state index in [1.807, 2.05) is 18.7 Å². The molecule has 5 N–H and O–H groups in total. The van der Waals surface area contributed by atoms with Crippen LogP contribution in [0.1, 0.15) is 43.9 Å². The molecule has 2 aliphatic heterocycles. The van der Waals surface area contributed by atoms with Crippen LogP contribution in [0, 0.1) is 16.7 Å². The number of amides is 2. The van der Waals surface area contributed by atoms with E-state index in [9.17, 15) is 9.90 Å². The third-order valence-electron chi connectivity index (χ3n) is 6.16. The van der Waals surface area contributed by atoms with Crippen LogP contribution in [0.2, 0.25) is 5.02 Å². The Labute approximate surface area is 170 Å². The van der Waals surface area contributed by atoms with Gasteiger partial charge in [0.05, 0.1) is 25.4 Å². The van der Waals surface area contributed by atoms with Crippen molar-refractivity contribution in [1.29, 1.82) is 5.41 Å². The second-order valence-corrected chi connectivity index (χ2v) is 8.75. The van der Waals surface area contributed by atoms with E-state index in [-0.39, 0.29) is 18.0 Å². The molecule has 2 amide bonds. The van der Waals surface area contributed by atoms with Gasteiger partial charge in [-0.05, 0) is 36.3 Å². The SMILES string of the molecule is CC(C)(C1CCN(C(=O)NC2COC2)CC1)C(O)c1cc(Cl)cc(C=N)c1N. The number of aliphatic hydroxyl groups is 1. The molecule has 3 rings (SSSR count). The number of aliphatic hydroxyl groups excluding tert-OH is 1. The minimum absolute atomic E-state index is 0.0418. The van der Waals surface area contributed by atoms with Crippen LogP contribution < -0.4 is 11.1 Å². The Hall–Kier alpha value is -1.83. The third kappa shape index (κ3) is 4.11. The van der Waals surface area contributed by atoms with Gasteiger partial charge in [0.2, 0.25) is 0 Å². The number of anilines is 1. The fourth-order valence-corrected chi connectivity index (χ4v) is 4.28. The van der Waals surface area contributed by atoms with Crippen molar-refractivity contribution in [2.45, 2.75) is 38.8 Å². The van der Waals surface area contributed by atoms with Gasteiger partial charge in [-0.25, -0.2) is 4.79 Å². The highest BCUT2D eigenvalue weighted by atomic mass is 35.5. The van der Waals surface area contributed by atoms with Crippen molar-refractivity contribution < 1.29 is 14.6 Å². The van der Waals surface area contributed by atoms with Crippen molar-refractivity contribution >= 4 is 29.5 Å². The number of nitrogens with zero attached hydrogens (tertiary/aromatic N) is 1. The number of urea groups is 1. The lowest BCUT2D eigenvalue weighted by molar-refractivity contribution is -0.0182. The van der Waals surface area contributed by atoms with Crippen molar-refractivity contribution in [2.24, 2.45) is 11.3 Å². The minimum atomic E-state index is -0.817. The Morgan fingerprint density at radius 3 is 2.61 bits per heavy atom. The highest BCUT2D eigenvalue weighted by Crippen LogP contribution is 2.46. The number of benzene rings is 1. The van der Waals surface area contributed by atoms with Gasteiger partial charge in [-0.1, -0.05) is 25.4 Å². The lowest BCUT2D eigenvalue weighted by atomic mass is 9.68. The number of nitrogen functional groups attached to an aromatic ring is 1.